The van der Waals surface area contributed by atoms with Crippen LogP contribution in [0, 0.1) is 5.92 Å². The first-order chi connectivity index (χ1) is 9.61. The largest absolute Gasteiger partial charge is 0.481 e. The molecular formula is C14H22N2O4. The van der Waals surface area contributed by atoms with Crippen LogP contribution in [0.4, 0.5) is 4.79 Å². The summed E-state index contributed by atoms with van der Waals surface area (Å²) in [6.07, 6.45) is 5.38. The van der Waals surface area contributed by atoms with Crippen molar-refractivity contribution >= 4 is 12.0 Å². The zero-order valence-electron chi connectivity index (χ0n) is 11.6. The van der Waals surface area contributed by atoms with Gasteiger partial charge in [-0.25, -0.2) is 4.79 Å². The molecule has 2 heterocycles. The number of nitrogens with one attached hydrogen (secondary N) is 1. The summed E-state index contributed by atoms with van der Waals surface area (Å²) in [5.41, 5.74) is 0. The number of hydrogen-bond acceptors (Lipinski definition) is 3. The molecule has 2 bridgehead atoms. The number of nitrogens with zero attached hydrogens (tertiary/aromatic N) is 1. The normalized spacial score (nSPS) is 36.7. The van der Waals surface area contributed by atoms with Crippen LogP contribution in [0.2, 0.25) is 0 Å². The number of carboxylic acids is 1. The number of aliphatic carboxylic acids is 1. The fourth-order valence-corrected chi connectivity index (χ4v) is 3.53. The van der Waals surface area contributed by atoms with Crippen LogP contribution in [0.15, 0.2) is 0 Å². The third-order valence-electron chi connectivity index (χ3n) is 4.73. The zero-order valence-corrected chi connectivity index (χ0v) is 11.6. The van der Waals surface area contributed by atoms with Crippen LogP contribution in [0.3, 0.4) is 0 Å². The van der Waals surface area contributed by atoms with Gasteiger partial charge in [-0.2, -0.15) is 0 Å². The average Bonchev–Trinajstić information content (AvgIpc) is 2.78. The van der Waals surface area contributed by atoms with Crippen molar-refractivity contribution in [2.45, 2.75) is 56.8 Å². The number of hydrogen-bond donors (Lipinski definition) is 2. The number of carboxylic acid groups (broad SMARTS) is 1. The van der Waals surface area contributed by atoms with Crippen molar-refractivity contribution in [1.82, 2.24) is 10.2 Å². The monoisotopic (exact) mass is 282 g/mol. The fraction of sp³-hybridized carbons (Fsp3) is 0.857. The van der Waals surface area contributed by atoms with Gasteiger partial charge in [0.15, 0.2) is 0 Å². The molecule has 3 fully saturated rings. The Morgan fingerprint density at radius 1 is 1.00 bits per heavy atom. The van der Waals surface area contributed by atoms with Crippen molar-refractivity contribution in [2.24, 2.45) is 5.92 Å². The second-order valence-corrected chi connectivity index (χ2v) is 6.20. The van der Waals surface area contributed by atoms with Gasteiger partial charge in [0.25, 0.3) is 0 Å². The Balaban J connectivity index is 1.46. The first kappa shape index (κ1) is 13.7. The van der Waals surface area contributed by atoms with E-state index < -0.39 is 5.97 Å². The Labute approximate surface area is 118 Å². The van der Waals surface area contributed by atoms with Crippen molar-refractivity contribution in [2.75, 3.05) is 13.1 Å². The molecule has 2 aliphatic heterocycles. The smallest absolute Gasteiger partial charge is 0.317 e. The number of rotatable bonds is 2. The molecule has 3 rings (SSSR count). The molecule has 0 aromatic rings. The van der Waals surface area contributed by atoms with Gasteiger partial charge in [0, 0.05) is 19.1 Å². The van der Waals surface area contributed by atoms with Crippen molar-refractivity contribution < 1.29 is 19.4 Å². The van der Waals surface area contributed by atoms with Gasteiger partial charge in [0.05, 0.1) is 18.1 Å². The lowest BCUT2D eigenvalue weighted by Crippen LogP contribution is -2.52. The summed E-state index contributed by atoms with van der Waals surface area (Å²) in [6.45, 7) is 1.37. The van der Waals surface area contributed by atoms with E-state index in [0.29, 0.717) is 25.9 Å². The predicted molar refractivity (Wildman–Crippen MR) is 71.4 cm³/mol. The molecular weight excluding hydrogens is 260 g/mol. The molecule has 0 spiro atoms. The topological polar surface area (TPSA) is 78.9 Å². The van der Waals surface area contributed by atoms with E-state index in [4.69, 9.17) is 9.84 Å². The molecule has 112 valence electrons. The van der Waals surface area contributed by atoms with E-state index in [1.54, 1.807) is 0 Å². The molecule has 6 heteroatoms. The maximum atomic E-state index is 12.2. The van der Waals surface area contributed by atoms with Gasteiger partial charge in [0.2, 0.25) is 0 Å². The number of amides is 2. The minimum absolute atomic E-state index is 0.0102. The highest BCUT2D eigenvalue weighted by atomic mass is 16.5. The number of ether oxygens (including phenoxy) is 1. The first-order valence-electron chi connectivity index (χ1n) is 7.55. The Kier molecular flexibility index (Phi) is 3.83. The van der Waals surface area contributed by atoms with Gasteiger partial charge in [-0.3, -0.25) is 4.79 Å². The summed E-state index contributed by atoms with van der Waals surface area (Å²) < 4.78 is 5.72. The van der Waals surface area contributed by atoms with Crippen LogP contribution >= 0.6 is 0 Å². The number of morpholine rings is 1. The van der Waals surface area contributed by atoms with E-state index in [2.05, 4.69) is 5.32 Å². The van der Waals surface area contributed by atoms with Crippen molar-refractivity contribution in [3.63, 3.8) is 0 Å². The maximum absolute atomic E-state index is 12.2. The number of urea groups is 1. The highest BCUT2D eigenvalue weighted by Gasteiger charge is 2.36. The molecule has 2 N–H and O–H groups in total. The number of carbonyl (C=O) groups is 2. The summed E-state index contributed by atoms with van der Waals surface area (Å²) >= 11 is 0. The van der Waals surface area contributed by atoms with Crippen LogP contribution in [0.1, 0.15) is 38.5 Å². The first-order valence-corrected chi connectivity index (χ1v) is 7.55. The van der Waals surface area contributed by atoms with Crippen LogP contribution in [-0.2, 0) is 9.53 Å². The molecule has 6 nitrogen and oxygen atoms in total. The zero-order chi connectivity index (χ0) is 14.1. The molecule has 2 saturated heterocycles. The lowest BCUT2D eigenvalue weighted by molar-refractivity contribution is -0.142. The van der Waals surface area contributed by atoms with E-state index in [1.807, 2.05) is 4.90 Å². The number of carbonyl (C=O) groups excluding carboxylic acids is 1. The second-order valence-electron chi connectivity index (χ2n) is 6.20. The highest BCUT2D eigenvalue weighted by molar-refractivity contribution is 5.75. The van der Waals surface area contributed by atoms with Crippen LogP contribution in [0.5, 0.6) is 0 Å². The Bertz CT molecular complexity index is 381. The Morgan fingerprint density at radius 3 is 2.15 bits per heavy atom. The molecule has 0 radical (unpaired) electrons. The van der Waals surface area contributed by atoms with Gasteiger partial charge in [-0.05, 0) is 38.5 Å². The molecule has 0 aromatic carbocycles. The minimum Gasteiger partial charge on any atom is -0.481 e. The summed E-state index contributed by atoms with van der Waals surface area (Å²) in [6, 6.07) is 0.113. The van der Waals surface area contributed by atoms with Gasteiger partial charge in [-0.1, -0.05) is 0 Å². The summed E-state index contributed by atoms with van der Waals surface area (Å²) in [5.74, 6) is -0.943. The van der Waals surface area contributed by atoms with Gasteiger partial charge >= 0.3 is 12.0 Å². The summed E-state index contributed by atoms with van der Waals surface area (Å²) in [4.78, 5) is 25.0. The molecule has 2 amide bonds. The molecule has 0 aromatic heterocycles. The van der Waals surface area contributed by atoms with Gasteiger partial charge in [0.1, 0.15) is 0 Å². The van der Waals surface area contributed by atoms with Crippen molar-refractivity contribution in [3.8, 4) is 0 Å². The second kappa shape index (κ2) is 5.60. The molecule has 3 aliphatic rings. The standard InChI is InChI=1S/C14H22N2O4/c17-13(18)9-1-3-10(4-2-9)15-14(19)16-7-11-5-6-12(8-16)20-11/h9-12H,1-8H2,(H,15,19)(H,17,18). The number of fused-ring (bicyclic) bond motifs is 2. The highest BCUT2D eigenvalue weighted by Crippen LogP contribution is 2.27. The van der Waals surface area contributed by atoms with E-state index in [0.717, 1.165) is 25.7 Å². The van der Waals surface area contributed by atoms with Crippen molar-refractivity contribution in [3.05, 3.63) is 0 Å². The average molecular weight is 282 g/mol. The van der Waals surface area contributed by atoms with E-state index >= 15 is 0 Å². The molecule has 2 atom stereocenters. The minimum atomic E-state index is -0.709. The third kappa shape index (κ3) is 2.90. The SMILES string of the molecule is O=C(O)C1CCC(NC(=O)N2CC3CCC(C2)O3)CC1. The molecule has 20 heavy (non-hydrogen) atoms. The molecule has 1 aliphatic carbocycles. The lowest BCUT2D eigenvalue weighted by Gasteiger charge is -2.34. The van der Waals surface area contributed by atoms with Crippen LogP contribution in [0.25, 0.3) is 0 Å². The van der Waals surface area contributed by atoms with Gasteiger partial charge in [-0.15, -0.1) is 0 Å². The van der Waals surface area contributed by atoms with E-state index in [1.165, 1.54) is 0 Å². The van der Waals surface area contributed by atoms with E-state index in [9.17, 15) is 9.59 Å². The van der Waals surface area contributed by atoms with Gasteiger partial charge < -0.3 is 20.1 Å². The number of likely N-dealkylation sites (tertiary alicyclic amines) is 1. The maximum Gasteiger partial charge on any atom is 0.317 e. The molecule has 1 saturated carbocycles. The Morgan fingerprint density at radius 2 is 1.60 bits per heavy atom. The van der Waals surface area contributed by atoms with Crippen LogP contribution < -0.4 is 5.32 Å². The van der Waals surface area contributed by atoms with Crippen molar-refractivity contribution in [1.29, 1.82) is 0 Å². The fourth-order valence-electron chi connectivity index (χ4n) is 3.53. The Hall–Kier alpha value is -1.30. The quantitative estimate of drug-likeness (QED) is 0.797. The van der Waals surface area contributed by atoms with E-state index in [-0.39, 0.29) is 30.2 Å². The lowest BCUT2D eigenvalue weighted by atomic mass is 9.86. The predicted octanol–water partition coefficient (Wildman–Crippen LogP) is 1.20. The van der Waals surface area contributed by atoms with Crippen LogP contribution in [-0.4, -0.2) is 53.3 Å². The molecule has 2 unspecified atom stereocenters. The summed E-state index contributed by atoms with van der Waals surface area (Å²) in [7, 11) is 0. The third-order valence-corrected chi connectivity index (χ3v) is 4.73. The summed E-state index contributed by atoms with van der Waals surface area (Å²) in [5, 5.41) is 12.0.